The lowest BCUT2D eigenvalue weighted by atomic mass is 9.86. The zero-order chi connectivity index (χ0) is 20.7. The Labute approximate surface area is 171 Å². The topological polar surface area (TPSA) is 84.2 Å². The summed E-state index contributed by atoms with van der Waals surface area (Å²) in [6, 6.07) is 6.93. The molecule has 0 saturated heterocycles. The molecule has 7 heteroatoms. The SMILES string of the molecule is CCCCC(=O)NCCCSc1nc2ccccc2n1C(C(=O)O)C(C)(C)C. The smallest absolute Gasteiger partial charge is 0.327 e. The third-order valence-corrected chi connectivity index (χ3v) is 5.55. The van der Waals surface area contributed by atoms with E-state index < -0.39 is 17.4 Å². The predicted octanol–water partition coefficient (Wildman–Crippen LogP) is 4.50. The molecule has 0 aliphatic heterocycles. The quantitative estimate of drug-likeness (QED) is 0.449. The number of carboxylic acid groups (broad SMARTS) is 1. The predicted molar refractivity (Wildman–Crippen MR) is 114 cm³/mol. The molecule has 1 amide bonds. The Morgan fingerprint density at radius 3 is 2.61 bits per heavy atom. The molecular weight excluding hydrogens is 374 g/mol. The number of hydrogen-bond acceptors (Lipinski definition) is 4. The van der Waals surface area contributed by atoms with E-state index in [1.807, 2.05) is 49.6 Å². The van der Waals surface area contributed by atoms with Gasteiger partial charge in [-0.2, -0.15) is 0 Å². The monoisotopic (exact) mass is 405 g/mol. The summed E-state index contributed by atoms with van der Waals surface area (Å²) < 4.78 is 1.85. The number of carbonyl (C=O) groups is 2. The summed E-state index contributed by atoms with van der Waals surface area (Å²) in [5.74, 6) is -0.00752. The molecule has 2 N–H and O–H groups in total. The van der Waals surface area contributed by atoms with Crippen LogP contribution in [0.4, 0.5) is 0 Å². The highest BCUT2D eigenvalue weighted by atomic mass is 32.2. The number of aromatic nitrogens is 2. The Hall–Kier alpha value is -2.02. The number of nitrogens with zero attached hydrogens (tertiary/aromatic N) is 2. The Morgan fingerprint density at radius 2 is 1.96 bits per heavy atom. The van der Waals surface area contributed by atoms with Crippen LogP contribution in [0.5, 0.6) is 0 Å². The van der Waals surface area contributed by atoms with Gasteiger partial charge in [-0.15, -0.1) is 0 Å². The van der Waals surface area contributed by atoms with Crippen LogP contribution >= 0.6 is 11.8 Å². The second-order valence-electron chi connectivity index (χ2n) is 8.02. The van der Waals surface area contributed by atoms with Crippen molar-refractivity contribution in [1.29, 1.82) is 0 Å². The molecule has 6 nitrogen and oxygen atoms in total. The van der Waals surface area contributed by atoms with Crippen molar-refractivity contribution in [1.82, 2.24) is 14.9 Å². The number of imidazole rings is 1. The van der Waals surface area contributed by atoms with Crippen LogP contribution in [-0.4, -0.2) is 38.8 Å². The van der Waals surface area contributed by atoms with Crippen molar-refractivity contribution in [3.63, 3.8) is 0 Å². The molecule has 1 aromatic carbocycles. The lowest BCUT2D eigenvalue weighted by molar-refractivity contribution is -0.144. The molecule has 0 aliphatic carbocycles. The molecule has 1 unspecified atom stereocenters. The number of unbranched alkanes of at least 4 members (excludes halogenated alkanes) is 1. The first-order valence-corrected chi connectivity index (χ1v) is 10.8. The first-order chi connectivity index (χ1) is 13.3. The standard InChI is InChI=1S/C21H31N3O3S/c1-5-6-12-17(25)22-13-9-14-28-20-23-15-10-7-8-11-16(15)24(20)18(19(26)27)21(2,3)4/h7-8,10-11,18H,5-6,9,12-14H2,1-4H3,(H,22,25)(H,26,27). The van der Waals surface area contributed by atoms with Crippen LogP contribution in [0.1, 0.15) is 59.4 Å². The van der Waals surface area contributed by atoms with Gasteiger partial charge in [-0.1, -0.05) is 58.0 Å². The fourth-order valence-corrected chi connectivity index (χ4v) is 4.11. The number of hydrogen-bond donors (Lipinski definition) is 2. The van der Waals surface area contributed by atoms with E-state index in [2.05, 4.69) is 17.2 Å². The van der Waals surface area contributed by atoms with Gasteiger partial charge in [0.1, 0.15) is 6.04 Å². The summed E-state index contributed by atoms with van der Waals surface area (Å²) in [5.41, 5.74) is 1.17. The van der Waals surface area contributed by atoms with Crippen LogP contribution in [0.15, 0.2) is 29.4 Å². The lowest BCUT2D eigenvalue weighted by Crippen LogP contribution is -2.32. The maximum atomic E-state index is 12.1. The first-order valence-electron chi connectivity index (χ1n) is 9.85. The molecule has 0 bridgehead atoms. The number of thioether (sulfide) groups is 1. The molecule has 1 heterocycles. The zero-order valence-electron chi connectivity index (χ0n) is 17.2. The molecular formula is C21H31N3O3S. The number of amides is 1. The van der Waals surface area contributed by atoms with E-state index in [-0.39, 0.29) is 5.91 Å². The van der Waals surface area contributed by atoms with Crippen LogP contribution in [-0.2, 0) is 9.59 Å². The molecule has 0 aliphatic rings. The maximum absolute atomic E-state index is 12.1. The van der Waals surface area contributed by atoms with Gasteiger partial charge in [0, 0.05) is 18.7 Å². The van der Waals surface area contributed by atoms with E-state index in [4.69, 9.17) is 0 Å². The third kappa shape index (κ3) is 5.74. The third-order valence-electron chi connectivity index (χ3n) is 4.51. The van der Waals surface area contributed by atoms with Crippen molar-refractivity contribution in [3.8, 4) is 0 Å². The number of carbonyl (C=O) groups excluding carboxylic acids is 1. The minimum atomic E-state index is -0.860. The van der Waals surface area contributed by atoms with Gasteiger partial charge < -0.3 is 15.0 Å². The average Bonchev–Trinajstić information content (AvgIpc) is 2.96. The number of para-hydroxylation sites is 2. The Kier molecular flexibility index (Phi) is 7.92. The zero-order valence-corrected chi connectivity index (χ0v) is 18.0. The molecule has 28 heavy (non-hydrogen) atoms. The summed E-state index contributed by atoms with van der Waals surface area (Å²) in [5, 5.41) is 13.5. The van der Waals surface area contributed by atoms with Gasteiger partial charge >= 0.3 is 5.97 Å². The van der Waals surface area contributed by atoms with Crippen molar-refractivity contribution in [2.45, 2.75) is 64.6 Å². The summed E-state index contributed by atoms with van der Waals surface area (Å²) in [4.78, 5) is 28.4. The summed E-state index contributed by atoms with van der Waals surface area (Å²) in [6.07, 6.45) is 3.30. The minimum Gasteiger partial charge on any atom is -0.480 e. The summed E-state index contributed by atoms with van der Waals surface area (Å²) in [6.45, 7) is 8.48. The molecule has 154 valence electrons. The Bertz CT molecular complexity index is 811. The van der Waals surface area contributed by atoms with Gasteiger partial charge in [0.25, 0.3) is 0 Å². The molecule has 1 atom stereocenters. The molecule has 0 radical (unpaired) electrons. The summed E-state index contributed by atoms with van der Waals surface area (Å²) in [7, 11) is 0. The molecule has 1 aromatic heterocycles. The highest BCUT2D eigenvalue weighted by Gasteiger charge is 2.35. The first kappa shape index (κ1) is 22.3. The van der Waals surface area contributed by atoms with Gasteiger partial charge in [0.2, 0.25) is 5.91 Å². The van der Waals surface area contributed by atoms with Crippen molar-refractivity contribution in [3.05, 3.63) is 24.3 Å². The Morgan fingerprint density at radius 1 is 1.25 bits per heavy atom. The van der Waals surface area contributed by atoms with Crippen molar-refractivity contribution < 1.29 is 14.7 Å². The lowest BCUT2D eigenvalue weighted by Gasteiger charge is -2.29. The van der Waals surface area contributed by atoms with Crippen LogP contribution in [0.2, 0.25) is 0 Å². The van der Waals surface area contributed by atoms with Crippen LogP contribution < -0.4 is 5.32 Å². The number of fused-ring (bicyclic) bond motifs is 1. The second kappa shape index (κ2) is 9.96. The van der Waals surface area contributed by atoms with Gasteiger partial charge in [-0.25, -0.2) is 9.78 Å². The second-order valence-corrected chi connectivity index (χ2v) is 9.08. The van der Waals surface area contributed by atoms with E-state index >= 15 is 0 Å². The summed E-state index contributed by atoms with van der Waals surface area (Å²) >= 11 is 1.54. The van der Waals surface area contributed by atoms with Crippen LogP contribution in [0, 0.1) is 5.41 Å². The Balaban J connectivity index is 2.12. The van der Waals surface area contributed by atoms with Crippen LogP contribution in [0.25, 0.3) is 11.0 Å². The molecule has 0 saturated carbocycles. The van der Waals surface area contributed by atoms with E-state index in [1.165, 1.54) is 0 Å². The fourth-order valence-electron chi connectivity index (χ4n) is 3.13. The highest BCUT2D eigenvalue weighted by molar-refractivity contribution is 7.99. The number of aliphatic carboxylic acids is 1. The highest BCUT2D eigenvalue weighted by Crippen LogP contribution is 2.37. The number of rotatable bonds is 10. The van der Waals surface area contributed by atoms with Gasteiger partial charge in [0.15, 0.2) is 5.16 Å². The van der Waals surface area contributed by atoms with Gasteiger partial charge in [-0.3, -0.25) is 4.79 Å². The number of benzene rings is 1. The number of carboxylic acids is 1. The molecule has 2 rings (SSSR count). The fraction of sp³-hybridized carbons (Fsp3) is 0.571. The molecule has 0 spiro atoms. The van der Waals surface area contributed by atoms with E-state index in [0.717, 1.165) is 36.0 Å². The van der Waals surface area contributed by atoms with Crippen LogP contribution in [0.3, 0.4) is 0 Å². The molecule has 2 aromatic rings. The van der Waals surface area contributed by atoms with Crippen molar-refractivity contribution in [2.24, 2.45) is 5.41 Å². The van der Waals surface area contributed by atoms with Crippen molar-refractivity contribution >= 4 is 34.7 Å². The van der Waals surface area contributed by atoms with E-state index in [0.29, 0.717) is 18.1 Å². The molecule has 0 fully saturated rings. The minimum absolute atomic E-state index is 0.0952. The van der Waals surface area contributed by atoms with E-state index in [1.54, 1.807) is 11.8 Å². The van der Waals surface area contributed by atoms with Gasteiger partial charge in [0.05, 0.1) is 11.0 Å². The largest absolute Gasteiger partial charge is 0.480 e. The average molecular weight is 406 g/mol. The normalized spacial score (nSPS) is 12.9. The van der Waals surface area contributed by atoms with Gasteiger partial charge in [-0.05, 0) is 30.4 Å². The number of nitrogens with one attached hydrogen (secondary N) is 1. The van der Waals surface area contributed by atoms with Crippen molar-refractivity contribution in [2.75, 3.05) is 12.3 Å². The maximum Gasteiger partial charge on any atom is 0.327 e. The van der Waals surface area contributed by atoms with E-state index in [9.17, 15) is 14.7 Å².